The van der Waals surface area contributed by atoms with Crippen LogP contribution in [0.2, 0.25) is 0 Å². The fraction of sp³-hybridized carbons (Fsp3) is 0.333. The van der Waals surface area contributed by atoms with Gasteiger partial charge in [-0.1, -0.05) is 12.1 Å². The molecule has 3 aromatic rings. The summed E-state index contributed by atoms with van der Waals surface area (Å²) in [5.74, 6) is 1.88. The predicted molar refractivity (Wildman–Crippen MR) is 91.7 cm³/mol. The highest BCUT2D eigenvalue weighted by Crippen LogP contribution is 2.17. The second-order valence-electron chi connectivity index (χ2n) is 5.60. The van der Waals surface area contributed by atoms with Gasteiger partial charge in [0.25, 0.3) is 0 Å². The molecular formula is C18H22N4O. The third-order valence-electron chi connectivity index (χ3n) is 4.06. The molecule has 0 amide bonds. The molecular weight excluding hydrogens is 288 g/mol. The van der Waals surface area contributed by atoms with E-state index < -0.39 is 0 Å². The highest BCUT2D eigenvalue weighted by molar-refractivity contribution is 5.75. The van der Waals surface area contributed by atoms with Gasteiger partial charge in [0.2, 0.25) is 0 Å². The lowest BCUT2D eigenvalue weighted by atomic mass is 10.2. The van der Waals surface area contributed by atoms with Crippen molar-refractivity contribution in [3.8, 4) is 5.75 Å². The molecule has 0 spiro atoms. The molecule has 2 aromatic heterocycles. The first kappa shape index (κ1) is 15.5. The molecule has 120 valence electrons. The Morgan fingerprint density at radius 3 is 2.91 bits per heavy atom. The van der Waals surface area contributed by atoms with E-state index in [1.165, 1.54) is 5.52 Å². The van der Waals surface area contributed by atoms with E-state index in [2.05, 4.69) is 45.0 Å². The largest absolute Gasteiger partial charge is 0.497 e. The molecule has 0 bridgehead atoms. The lowest BCUT2D eigenvalue weighted by molar-refractivity contribution is 0.412. The minimum Gasteiger partial charge on any atom is -0.497 e. The first-order chi connectivity index (χ1) is 11.2. The van der Waals surface area contributed by atoms with Crippen molar-refractivity contribution in [3.63, 3.8) is 0 Å². The number of nitrogens with zero attached hydrogens (tertiary/aromatic N) is 3. The molecule has 0 aliphatic carbocycles. The summed E-state index contributed by atoms with van der Waals surface area (Å²) in [5.41, 5.74) is 3.21. The zero-order valence-electron chi connectivity index (χ0n) is 13.8. The molecule has 5 nitrogen and oxygen atoms in total. The van der Waals surface area contributed by atoms with Crippen LogP contribution < -0.4 is 10.1 Å². The van der Waals surface area contributed by atoms with Gasteiger partial charge in [-0.2, -0.15) is 0 Å². The van der Waals surface area contributed by atoms with Gasteiger partial charge in [0, 0.05) is 31.4 Å². The molecule has 1 aromatic carbocycles. The molecule has 0 saturated carbocycles. The molecule has 23 heavy (non-hydrogen) atoms. The fourth-order valence-corrected chi connectivity index (χ4v) is 2.77. The molecule has 1 unspecified atom stereocenters. The number of para-hydroxylation sites is 2. The fourth-order valence-electron chi connectivity index (χ4n) is 2.77. The maximum atomic E-state index is 5.25. The van der Waals surface area contributed by atoms with Gasteiger partial charge in [0.05, 0.1) is 23.8 Å². The standard InChI is InChI=1S/C18H22N4O/c1-13(17-12-15(23-3)8-9-20-17)19-10-11-22-14(2)21-16-6-4-5-7-18(16)22/h4-9,12-13,19H,10-11H2,1-3H3. The number of aromatic nitrogens is 3. The van der Waals surface area contributed by atoms with E-state index in [0.717, 1.165) is 35.9 Å². The van der Waals surface area contributed by atoms with Crippen molar-refractivity contribution in [3.05, 3.63) is 54.1 Å². The lowest BCUT2D eigenvalue weighted by Crippen LogP contribution is -2.24. The molecule has 0 aliphatic heterocycles. The molecule has 1 atom stereocenters. The smallest absolute Gasteiger partial charge is 0.122 e. The predicted octanol–water partition coefficient (Wildman–Crippen LogP) is 3.10. The van der Waals surface area contributed by atoms with Gasteiger partial charge in [-0.25, -0.2) is 4.98 Å². The number of benzene rings is 1. The third-order valence-corrected chi connectivity index (χ3v) is 4.06. The Kier molecular flexibility index (Phi) is 4.57. The van der Waals surface area contributed by atoms with Gasteiger partial charge < -0.3 is 14.6 Å². The average Bonchev–Trinajstić information content (AvgIpc) is 2.90. The lowest BCUT2D eigenvalue weighted by Gasteiger charge is -2.15. The Labute approximate surface area is 136 Å². The quantitative estimate of drug-likeness (QED) is 0.760. The van der Waals surface area contributed by atoms with Crippen LogP contribution in [0.3, 0.4) is 0 Å². The van der Waals surface area contributed by atoms with Crippen molar-refractivity contribution in [2.45, 2.75) is 26.4 Å². The van der Waals surface area contributed by atoms with Gasteiger partial charge in [-0.3, -0.25) is 4.98 Å². The average molecular weight is 310 g/mol. The van der Waals surface area contributed by atoms with Crippen LogP contribution in [0.4, 0.5) is 0 Å². The number of methoxy groups -OCH3 is 1. The SMILES string of the molecule is COc1ccnc(C(C)NCCn2c(C)nc3ccccc32)c1. The molecule has 0 fully saturated rings. The number of ether oxygens (including phenoxy) is 1. The monoisotopic (exact) mass is 310 g/mol. The van der Waals surface area contributed by atoms with Crippen molar-refractivity contribution >= 4 is 11.0 Å². The van der Waals surface area contributed by atoms with E-state index in [9.17, 15) is 0 Å². The van der Waals surface area contributed by atoms with Gasteiger partial charge in [0.15, 0.2) is 0 Å². The number of rotatable bonds is 6. The van der Waals surface area contributed by atoms with E-state index in [1.807, 2.05) is 25.1 Å². The minimum atomic E-state index is 0.167. The van der Waals surface area contributed by atoms with Crippen LogP contribution in [0, 0.1) is 6.92 Å². The Hall–Kier alpha value is -2.40. The van der Waals surface area contributed by atoms with Crippen LogP contribution >= 0.6 is 0 Å². The zero-order valence-corrected chi connectivity index (χ0v) is 13.8. The first-order valence-corrected chi connectivity index (χ1v) is 7.84. The van der Waals surface area contributed by atoms with Crippen LogP contribution in [-0.2, 0) is 6.54 Å². The number of imidazole rings is 1. The molecule has 1 N–H and O–H groups in total. The van der Waals surface area contributed by atoms with E-state index in [4.69, 9.17) is 4.74 Å². The van der Waals surface area contributed by atoms with Crippen LogP contribution in [0.1, 0.15) is 24.5 Å². The second-order valence-corrected chi connectivity index (χ2v) is 5.60. The maximum absolute atomic E-state index is 5.25. The van der Waals surface area contributed by atoms with Gasteiger partial charge >= 0.3 is 0 Å². The Morgan fingerprint density at radius 1 is 1.26 bits per heavy atom. The van der Waals surface area contributed by atoms with Crippen molar-refractivity contribution in [1.82, 2.24) is 19.9 Å². The Morgan fingerprint density at radius 2 is 2.09 bits per heavy atom. The van der Waals surface area contributed by atoms with E-state index in [-0.39, 0.29) is 6.04 Å². The number of nitrogens with one attached hydrogen (secondary N) is 1. The summed E-state index contributed by atoms with van der Waals surface area (Å²) in [7, 11) is 1.67. The van der Waals surface area contributed by atoms with E-state index in [1.54, 1.807) is 13.3 Å². The number of fused-ring (bicyclic) bond motifs is 1. The summed E-state index contributed by atoms with van der Waals surface area (Å²) in [6.45, 7) is 5.88. The topological polar surface area (TPSA) is 52.0 Å². The number of aryl methyl sites for hydroxylation is 1. The van der Waals surface area contributed by atoms with Crippen LogP contribution in [-0.4, -0.2) is 28.2 Å². The molecule has 5 heteroatoms. The summed E-state index contributed by atoms with van der Waals surface area (Å²) in [6, 6.07) is 12.2. The molecule has 2 heterocycles. The highest BCUT2D eigenvalue weighted by Gasteiger charge is 2.09. The molecule has 3 rings (SSSR count). The molecule has 0 aliphatic rings. The molecule has 0 radical (unpaired) electrons. The number of hydrogen-bond acceptors (Lipinski definition) is 4. The van der Waals surface area contributed by atoms with Gasteiger partial charge in [0.1, 0.15) is 11.6 Å². The summed E-state index contributed by atoms with van der Waals surface area (Å²) in [5, 5.41) is 3.51. The highest BCUT2D eigenvalue weighted by atomic mass is 16.5. The Bertz CT molecular complexity index is 797. The van der Waals surface area contributed by atoms with Crippen molar-refractivity contribution in [1.29, 1.82) is 0 Å². The number of hydrogen-bond donors (Lipinski definition) is 1. The van der Waals surface area contributed by atoms with Crippen molar-refractivity contribution < 1.29 is 4.74 Å². The summed E-state index contributed by atoms with van der Waals surface area (Å²) >= 11 is 0. The third kappa shape index (κ3) is 3.35. The normalized spacial score (nSPS) is 12.5. The summed E-state index contributed by atoms with van der Waals surface area (Å²) in [6.07, 6.45) is 1.78. The molecule has 0 saturated heterocycles. The summed E-state index contributed by atoms with van der Waals surface area (Å²) < 4.78 is 7.50. The Balaban J connectivity index is 1.65. The van der Waals surface area contributed by atoms with Crippen molar-refractivity contribution in [2.75, 3.05) is 13.7 Å². The maximum Gasteiger partial charge on any atom is 0.122 e. The van der Waals surface area contributed by atoms with Crippen LogP contribution in [0.15, 0.2) is 42.6 Å². The zero-order chi connectivity index (χ0) is 16.2. The van der Waals surface area contributed by atoms with Gasteiger partial charge in [-0.15, -0.1) is 0 Å². The van der Waals surface area contributed by atoms with E-state index in [0.29, 0.717) is 0 Å². The summed E-state index contributed by atoms with van der Waals surface area (Å²) in [4.78, 5) is 9.01. The van der Waals surface area contributed by atoms with Gasteiger partial charge in [-0.05, 0) is 32.0 Å². The number of pyridine rings is 1. The minimum absolute atomic E-state index is 0.167. The van der Waals surface area contributed by atoms with Crippen LogP contribution in [0.5, 0.6) is 5.75 Å². The van der Waals surface area contributed by atoms with E-state index >= 15 is 0 Å². The second kappa shape index (κ2) is 6.79. The first-order valence-electron chi connectivity index (χ1n) is 7.84. The van der Waals surface area contributed by atoms with Crippen molar-refractivity contribution in [2.24, 2.45) is 0 Å². The van der Waals surface area contributed by atoms with Crippen LogP contribution in [0.25, 0.3) is 11.0 Å².